The maximum absolute atomic E-state index is 2.69. The van der Waals surface area contributed by atoms with Gasteiger partial charge in [0, 0.05) is 12.1 Å². The van der Waals surface area contributed by atoms with Crippen molar-refractivity contribution in [2.75, 3.05) is 0 Å². The summed E-state index contributed by atoms with van der Waals surface area (Å²) in [7, 11) is 0. The Bertz CT molecular complexity index is 2270. The van der Waals surface area contributed by atoms with Crippen LogP contribution in [0.1, 0.15) is 79.7 Å². The Kier molecular flexibility index (Phi) is 4.73. The van der Waals surface area contributed by atoms with Gasteiger partial charge >= 0.3 is 11.4 Å². The van der Waals surface area contributed by atoms with Crippen molar-refractivity contribution in [3.8, 4) is 22.6 Å². The fraction of sp³-hybridized carbons (Fsp3) is 0.268. The SMILES string of the molecule is Cc1cc(C)cc(-n2c3[n+]4c5c(cccc52)Sc2c-4c(cc4c2C(C)(C)CCC4(C)C)C32c3ccccc3-c3cccc[n+]32)c1. The summed E-state index contributed by atoms with van der Waals surface area (Å²) in [5.41, 5.74) is 15.9. The second-order valence-electron chi connectivity index (χ2n) is 15.1. The van der Waals surface area contributed by atoms with Gasteiger partial charge in [0.2, 0.25) is 5.69 Å². The third-order valence-corrected chi connectivity index (χ3v) is 12.5. The average Bonchev–Trinajstić information content (AvgIpc) is 3.61. The zero-order chi connectivity index (χ0) is 30.6. The van der Waals surface area contributed by atoms with Crippen molar-refractivity contribution in [2.24, 2.45) is 0 Å². The number of aryl methyl sites for hydroxylation is 2. The molecule has 4 heteroatoms. The highest BCUT2D eigenvalue weighted by Crippen LogP contribution is 2.60. The van der Waals surface area contributed by atoms with Crippen LogP contribution in [-0.2, 0) is 16.4 Å². The zero-order valence-corrected chi connectivity index (χ0v) is 27.6. The molecular weight excluding hydrogens is 567 g/mol. The van der Waals surface area contributed by atoms with Crippen LogP contribution in [0.3, 0.4) is 0 Å². The van der Waals surface area contributed by atoms with Gasteiger partial charge in [0.1, 0.15) is 5.69 Å². The summed E-state index contributed by atoms with van der Waals surface area (Å²) in [6, 6.07) is 32.5. The molecule has 4 aromatic carbocycles. The fourth-order valence-electron chi connectivity index (χ4n) is 9.38. The fourth-order valence-corrected chi connectivity index (χ4v) is 10.8. The Morgan fingerprint density at radius 2 is 1.49 bits per heavy atom. The van der Waals surface area contributed by atoms with Gasteiger partial charge < -0.3 is 0 Å². The van der Waals surface area contributed by atoms with Gasteiger partial charge in [0.25, 0.3) is 0 Å². The molecule has 0 N–H and O–H groups in total. The van der Waals surface area contributed by atoms with Gasteiger partial charge in [-0.05, 0) is 102 Å². The van der Waals surface area contributed by atoms with Crippen molar-refractivity contribution in [1.82, 2.24) is 4.57 Å². The summed E-state index contributed by atoms with van der Waals surface area (Å²) < 4.78 is 7.89. The van der Waals surface area contributed by atoms with Gasteiger partial charge in [-0.3, -0.25) is 0 Å². The first-order valence-electron chi connectivity index (χ1n) is 16.3. The molecule has 0 bridgehead atoms. The molecule has 1 unspecified atom stereocenters. The van der Waals surface area contributed by atoms with Crippen LogP contribution >= 0.6 is 11.8 Å². The molecule has 5 heterocycles. The maximum Gasteiger partial charge on any atom is 0.352 e. The van der Waals surface area contributed by atoms with E-state index in [1.165, 1.54) is 89.9 Å². The van der Waals surface area contributed by atoms with Crippen LogP contribution in [0.25, 0.3) is 33.7 Å². The van der Waals surface area contributed by atoms with Crippen molar-refractivity contribution < 1.29 is 9.13 Å². The number of aromatic nitrogens is 3. The molecular formula is C41H37N3S+2. The van der Waals surface area contributed by atoms with Gasteiger partial charge in [0.15, 0.2) is 22.9 Å². The Balaban J connectivity index is 1.50. The number of nitrogens with zero attached hydrogens (tertiary/aromatic N) is 3. The van der Waals surface area contributed by atoms with E-state index < -0.39 is 5.54 Å². The molecule has 2 aromatic heterocycles. The lowest BCUT2D eigenvalue weighted by molar-refractivity contribution is -0.733. The normalized spacial score (nSPS) is 20.4. The largest absolute Gasteiger partial charge is 0.352 e. The number of pyridine rings is 1. The maximum atomic E-state index is 2.69. The second-order valence-corrected chi connectivity index (χ2v) is 16.1. The minimum Gasteiger partial charge on any atom is -0.185 e. The standard InChI is InChI=1S/C41H37N3S/c1-24-20-25(2)22-26(21-24)43-32-15-11-16-33-36(32)44-35-30(23-29-34(37(35)45-33)40(5,6)18-17-39(29,3)4)41(38(43)44)28-13-8-7-12-27(28)31-14-9-10-19-42(31)41/h7-16,19-23H,17-18H2,1-6H3/q+2. The second kappa shape index (κ2) is 8.16. The quantitative estimate of drug-likeness (QED) is 0.171. The molecule has 0 radical (unpaired) electrons. The number of hydrogen-bond acceptors (Lipinski definition) is 1. The average molecular weight is 604 g/mol. The van der Waals surface area contributed by atoms with E-state index >= 15 is 0 Å². The molecule has 3 nitrogen and oxygen atoms in total. The molecule has 3 aliphatic heterocycles. The summed E-state index contributed by atoms with van der Waals surface area (Å²) in [6.07, 6.45) is 4.72. The van der Waals surface area contributed by atoms with E-state index in [1.54, 1.807) is 5.56 Å². The molecule has 0 saturated heterocycles. The molecule has 4 aliphatic rings. The van der Waals surface area contributed by atoms with Crippen molar-refractivity contribution in [3.05, 3.63) is 130 Å². The number of hydrogen-bond donors (Lipinski definition) is 0. The summed E-state index contributed by atoms with van der Waals surface area (Å²) in [6.45, 7) is 14.4. The van der Waals surface area contributed by atoms with Crippen molar-refractivity contribution >= 4 is 22.8 Å². The number of rotatable bonds is 1. The van der Waals surface area contributed by atoms with Gasteiger partial charge in [-0.2, -0.15) is 13.7 Å². The van der Waals surface area contributed by atoms with Crippen molar-refractivity contribution in [2.45, 2.75) is 80.5 Å². The number of benzene rings is 4. The van der Waals surface area contributed by atoms with Crippen LogP contribution in [-0.4, -0.2) is 4.57 Å². The van der Waals surface area contributed by atoms with Crippen LogP contribution in [0.15, 0.2) is 101 Å². The smallest absolute Gasteiger partial charge is 0.185 e. The first kappa shape index (κ1) is 26.1. The van der Waals surface area contributed by atoms with E-state index in [9.17, 15) is 0 Å². The Hall–Kier alpha value is -4.15. The lowest BCUT2D eigenvalue weighted by atomic mass is 9.62. The molecule has 0 fully saturated rings. The van der Waals surface area contributed by atoms with Crippen molar-refractivity contribution in [3.63, 3.8) is 0 Å². The lowest BCUT2D eigenvalue weighted by Crippen LogP contribution is -2.57. The molecule has 220 valence electrons. The summed E-state index contributed by atoms with van der Waals surface area (Å²) in [5, 5.41) is 0. The third kappa shape index (κ3) is 2.96. The molecule has 1 aliphatic carbocycles. The predicted octanol–water partition coefficient (Wildman–Crippen LogP) is 8.76. The number of para-hydroxylation sites is 1. The van der Waals surface area contributed by atoms with Crippen LogP contribution < -0.4 is 9.13 Å². The van der Waals surface area contributed by atoms with E-state index in [2.05, 4.69) is 146 Å². The zero-order valence-electron chi connectivity index (χ0n) is 26.8. The van der Waals surface area contributed by atoms with Gasteiger partial charge in [-0.25, -0.2) is 0 Å². The molecule has 0 amide bonds. The highest BCUT2D eigenvalue weighted by molar-refractivity contribution is 7.99. The first-order chi connectivity index (χ1) is 21.6. The first-order valence-corrected chi connectivity index (χ1v) is 17.1. The molecule has 1 spiro atoms. The molecule has 6 aromatic rings. The van der Waals surface area contributed by atoms with Crippen LogP contribution in [0, 0.1) is 13.8 Å². The summed E-state index contributed by atoms with van der Waals surface area (Å²) in [5.74, 6) is 1.31. The Morgan fingerprint density at radius 1 is 0.733 bits per heavy atom. The highest BCUT2D eigenvalue weighted by Gasteiger charge is 2.69. The number of imidazole rings is 1. The van der Waals surface area contributed by atoms with E-state index in [1.807, 2.05) is 11.8 Å². The predicted molar refractivity (Wildman–Crippen MR) is 181 cm³/mol. The summed E-state index contributed by atoms with van der Waals surface area (Å²) >= 11 is 2.02. The Morgan fingerprint density at radius 3 is 2.31 bits per heavy atom. The van der Waals surface area contributed by atoms with Crippen LogP contribution in [0.5, 0.6) is 0 Å². The molecule has 45 heavy (non-hydrogen) atoms. The number of fused-ring (bicyclic) bond motifs is 9. The Labute approximate surface area is 269 Å². The topological polar surface area (TPSA) is 12.7 Å². The van der Waals surface area contributed by atoms with Gasteiger partial charge in [-0.1, -0.05) is 69.8 Å². The monoisotopic (exact) mass is 603 g/mol. The molecule has 0 saturated carbocycles. The van der Waals surface area contributed by atoms with E-state index in [0.717, 1.165) is 0 Å². The third-order valence-electron chi connectivity index (χ3n) is 11.3. The van der Waals surface area contributed by atoms with E-state index in [-0.39, 0.29) is 10.8 Å². The van der Waals surface area contributed by atoms with Gasteiger partial charge in [-0.15, -0.1) is 0 Å². The molecule has 1 atom stereocenters. The molecule has 10 rings (SSSR count). The van der Waals surface area contributed by atoms with Crippen LogP contribution in [0.2, 0.25) is 0 Å². The minimum atomic E-state index is -0.525. The van der Waals surface area contributed by atoms with Gasteiger partial charge in [0.05, 0.1) is 26.5 Å². The minimum absolute atomic E-state index is 0.0909. The summed E-state index contributed by atoms with van der Waals surface area (Å²) in [4.78, 5) is 2.81. The van der Waals surface area contributed by atoms with E-state index in [4.69, 9.17) is 0 Å². The van der Waals surface area contributed by atoms with E-state index in [0.29, 0.717) is 0 Å². The highest BCUT2D eigenvalue weighted by atomic mass is 32.2. The van der Waals surface area contributed by atoms with Crippen LogP contribution in [0.4, 0.5) is 0 Å². The lowest BCUT2D eigenvalue weighted by Gasteiger charge is -2.43. The van der Waals surface area contributed by atoms with Crippen molar-refractivity contribution in [1.29, 1.82) is 0 Å².